The first-order valence-corrected chi connectivity index (χ1v) is 10.4. The number of thioether (sulfide) groups is 1. The third kappa shape index (κ3) is 3.94. The molecule has 26 heavy (non-hydrogen) atoms. The first-order chi connectivity index (χ1) is 12.7. The van der Waals surface area contributed by atoms with Gasteiger partial charge in [0.1, 0.15) is 5.82 Å². The average Bonchev–Trinajstić information content (AvgIpc) is 2.97. The molecule has 6 nitrogen and oxygen atoms in total. The fraction of sp³-hybridized carbons (Fsp3) is 0.526. The third-order valence-corrected chi connectivity index (χ3v) is 6.21. The lowest BCUT2D eigenvalue weighted by atomic mass is 10.1. The van der Waals surface area contributed by atoms with Crippen LogP contribution in [0.1, 0.15) is 31.5 Å². The smallest absolute Gasteiger partial charge is 0.258 e. The first-order valence-electron chi connectivity index (χ1n) is 9.28. The topological polar surface area (TPSA) is 78.1 Å². The van der Waals surface area contributed by atoms with Crippen LogP contribution in [0.3, 0.4) is 0 Å². The molecule has 1 aromatic carbocycles. The number of likely N-dealkylation sites (tertiary alicyclic amines) is 1. The van der Waals surface area contributed by atoms with Crippen molar-refractivity contribution >= 4 is 28.6 Å². The standard InChI is InChI=1S/C19H24N4O2S/c24-18(23-9-7-13-5-6-14(11-23)20-13)8-10-26-12-17-21-16-4-2-1-3-15(16)19(25)22-17/h1-4,13-14,20H,5-12H2,(H,21,22,25). The van der Waals surface area contributed by atoms with E-state index in [1.807, 2.05) is 23.1 Å². The molecule has 2 aromatic rings. The molecule has 2 N–H and O–H groups in total. The number of carbonyl (C=O) groups excluding carboxylic acids is 1. The minimum absolute atomic E-state index is 0.102. The van der Waals surface area contributed by atoms with Gasteiger partial charge in [-0.2, -0.15) is 11.8 Å². The fourth-order valence-electron chi connectivity index (χ4n) is 3.86. The summed E-state index contributed by atoms with van der Waals surface area (Å²) in [4.78, 5) is 33.9. The van der Waals surface area contributed by atoms with Gasteiger partial charge < -0.3 is 15.2 Å². The van der Waals surface area contributed by atoms with Crippen molar-refractivity contribution in [1.82, 2.24) is 20.2 Å². The highest BCUT2D eigenvalue weighted by atomic mass is 32.2. The molecule has 0 saturated carbocycles. The van der Waals surface area contributed by atoms with Gasteiger partial charge in [0, 0.05) is 37.3 Å². The number of hydrogen-bond donors (Lipinski definition) is 2. The number of amides is 1. The number of aromatic amines is 1. The van der Waals surface area contributed by atoms with Crippen LogP contribution in [0.5, 0.6) is 0 Å². The maximum atomic E-state index is 12.5. The second-order valence-corrected chi connectivity index (χ2v) is 8.20. The Hall–Kier alpha value is -1.86. The predicted octanol–water partition coefficient (Wildman–Crippen LogP) is 1.90. The van der Waals surface area contributed by atoms with Crippen LogP contribution in [0.2, 0.25) is 0 Å². The number of benzene rings is 1. The van der Waals surface area contributed by atoms with Crippen molar-refractivity contribution in [2.45, 2.75) is 43.5 Å². The Labute approximate surface area is 156 Å². The minimum Gasteiger partial charge on any atom is -0.341 e. The van der Waals surface area contributed by atoms with E-state index in [2.05, 4.69) is 15.3 Å². The lowest BCUT2D eigenvalue weighted by Gasteiger charge is -2.24. The van der Waals surface area contributed by atoms with Crippen molar-refractivity contribution in [2.75, 3.05) is 18.8 Å². The van der Waals surface area contributed by atoms with Crippen LogP contribution in [0.4, 0.5) is 0 Å². The summed E-state index contributed by atoms with van der Waals surface area (Å²) in [5.74, 6) is 2.27. The molecule has 2 aliphatic rings. The number of carbonyl (C=O) groups is 1. The average molecular weight is 372 g/mol. The number of rotatable bonds is 5. The summed E-state index contributed by atoms with van der Waals surface area (Å²) in [6, 6.07) is 8.42. The maximum Gasteiger partial charge on any atom is 0.258 e. The highest BCUT2D eigenvalue weighted by Gasteiger charge is 2.30. The molecule has 2 aliphatic heterocycles. The lowest BCUT2D eigenvalue weighted by Crippen LogP contribution is -2.39. The van der Waals surface area contributed by atoms with E-state index in [9.17, 15) is 9.59 Å². The van der Waals surface area contributed by atoms with Crippen LogP contribution < -0.4 is 10.9 Å². The molecule has 138 valence electrons. The van der Waals surface area contributed by atoms with Gasteiger partial charge in [0.25, 0.3) is 5.56 Å². The Morgan fingerprint density at radius 2 is 2.08 bits per heavy atom. The molecule has 2 bridgehead atoms. The zero-order valence-electron chi connectivity index (χ0n) is 14.7. The van der Waals surface area contributed by atoms with E-state index in [1.165, 1.54) is 12.8 Å². The number of aromatic nitrogens is 2. The van der Waals surface area contributed by atoms with Crippen molar-refractivity contribution in [2.24, 2.45) is 0 Å². The van der Waals surface area contributed by atoms with Crippen LogP contribution in [0.15, 0.2) is 29.1 Å². The molecule has 2 fully saturated rings. The van der Waals surface area contributed by atoms with Gasteiger partial charge in [-0.05, 0) is 31.4 Å². The Kier molecular flexibility index (Phi) is 5.26. The number of para-hydroxylation sites is 1. The van der Waals surface area contributed by atoms with E-state index in [0.29, 0.717) is 35.5 Å². The van der Waals surface area contributed by atoms with Crippen LogP contribution in [-0.2, 0) is 10.5 Å². The number of nitrogens with zero attached hydrogens (tertiary/aromatic N) is 2. The van der Waals surface area contributed by atoms with Crippen LogP contribution in [-0.4, -0.2) is 51.7 Å². The van der Waals surface area contributed by atoms with Gasteiger partial charge in [-0.3, -0.25) is 9.59 Å². The van der Waals surface area contributed by atoms with Gasteiger partial charge in [0.15, 0.2) is 0 Å². The van der Waals surface area contributed by atoms with E-state index >= 15 is 0 Å². The van der Waals surface area contributed by atoms with Crippen molar-refractivity contribution in [3.63, 3.8) is 0 Å². The van der Waals surface area contributed by atoms with E-state index in [-0.39, 0.29) is 11.5 Å². The summed E-state index contributed by atoms with van der Waals surface area (Å²) >= 11 is 1.64. The fourth-order valence-corrected chi connectivity index (χ4v) is 4.65. The van der Waals surface area contributed by atoms with E-state index in [4.69, 9.17) is 0 Å². The molecule has 0 spiro atoms. The van der Waals surface area contributed by atoms with Crippen molar-refractivity contribution in [1.29, 1.82) is 0 Å². The number of fused-ring (bicyclic) bond motifs is 3. The van der Waals surface area contributed by atoms with Gasteiger partial charge in [-0.15, -0.1) is 0 Å². The first kappa shape index (κ1) is 17.5. The Bertz CT molecular complexity index is 853. The zero-order valence-corrected chi connectivity index (χ0v) is 15.6. The van der Waals surface area contributed by atoms with Crippen molar-refractivity contribution in [3.8, 4) is 0 Å². The molecule has 2 atom stereocenters. The molecule has 7 heteroatoms. The summed E-state index contributed by atoms with van der Waals surface area (Å²) in [5.41, 5.74) is 0.615. The van der Waals surface area contributed by atoms with Gasteiger partial charge in [0.2, 0.25) is 5.91 Å². The van der Waals surface area contributed by atoms with Gasteiger partial charge in [-0.25, -0.2) is 4.98 Å². The van der Waals surface area contributed by atoms with E-state index < -0.39 is 0 Å². The minimum atomic E-state index is -0.102. The monoisotopic (exact) mass is 372 g/mol. The zero-order chi connectivity index (χ0) is 17.9. The van der Waals surface area contributed by atoms with Crippen LogP contribution in [0, 0.1) is 0 Å². The lowest BCUT2D eigenvalue weighted by molar-refractivity contribution is -0.130. The quantitative estimate of drug-likeness (QED) is 0.784. The van der Waals surface area contributed by atoms with E-state index in [1.54, 1.807) is 17.8 Å². The maximum absolute atomic E-state index is 12.5. The summed E-state index contributed by atoms with van der Waals surface area (Å²) in [5, 5.41) is 4.22. The molecule has 3 heterocycles. The summed E-state index contributed by atoms with van der Waals surface area (Å²) in [6.45, 7) is 1.72. The molecular formula is C19H24N4O2S. The van der Waals surface area contributed by atoms with Crippen LogP contribution in [0.25, 0.3) is 10.9 Å². The molecule has 4 rings (SSSR count). The SMILES string of the molecule is O=C(CCSCc1nc2ccccc2c(=O)[nH]1)N1CCC2CCC(C1)N2. The van der Waals surface area contributed by atoms with Crippen molar-refractivity contribution < 1.29 is 4.79 Å². The van der Waals surface area contributed by atoms with Crippen LogP contribution >= 0.6 is 11.8 Å². The molecular weight excluding hydrogens is 348 g/mol. The molecule has 1 aromatic heterocycles. The second kappa shape index (κ2) is 7.80. The summed E-state index contributed by atoms with van der Waals surface area (Å²) in [6.07, 6.45) is 4.04. The van der Waals surface area contributed by atoms with Gasteiger partial charge in [0.05, 0.1) is 16.7 Å². The largest absolute Gasteiger partial charge is 0.341 e. The second-order valence-electron chi connectivity index (χ2n) is 7.10. The Balaban J connectivity index is 1.27. The number of hydrogen-bond acceptors (Lipinski definition) is 5. The summed E-state index contributed by atoms with van der Waals surface area (Å²) < 4.78 is 0. The molecule has 0 radical (unpaired) electrons. The molecule has 2 saturated heterocycles. The highest BCUT2D eigenvalue weighted by Crippen LogP contribution is 2.21. The number of H-pyrrole nitrogens is 1. The predicted molar refractivity (Wildman–Crippen MR) is 104 cm³/mol. The third-order valence-electron chi connectivity index (χ3n) is 5.24. The Morgan fingerprint density at radius 3 is 3.00 bits per heavy atom. The highest BCUT2D eigenvalue weighted by molar-refractivity contribution is 7.98. The van der Waals surface area contributed by atoms with Gasteiger partial charge >= 0.3 is 0 Å². The van der Waals surface area contributed by atoms with Gasteiger partial charge in [-0.1, -0.05) is 12.1 Å². The number of nitrogens with one attached hydrogen (secondary N) is 2. The molecule has 2 unspecified atom stereocenters. The Morgan fingerprint density at radius 1 is 1.23 bits per heavy atom. The molecule has 0 aliphatic carbocycles. The molecule has 1 amide bonds. The van der Waals surface area contributed by atoms with Crippen molar-refractivity contribution in [3.05, 3.63) is 40.4 Å². The van der Waals surface area contributed by atoms with E-state index in [0.717, 1.165) is 30.8 Å². The normalized spacial score (nSPS) is 22.5. The summed E-state index contributed by atoms with van der Waals surface area (Å²) in [7, 11) is 0.